The summed E-state index contributed by atoms with van der Waals surface area (Å²) in [5.74, 6) is 0. The number of carbonyl (C=O) groups excluding carboxylic acids is 1. The largest absolute Gasteiger partial charge is 0.323 e. The molecule has 0 radical (unpaired) electrons. The fourth-order valence-electron chi connectivity index (χ4n) is 0.808. The van der Waals surface area contributed by atoms with Gasteiger partial charge in [-0.25, -0.2) is 0 Å². The Bertz CT molecular complexity index is 352. The van der Waals surface area contributed by atoms with Gasteiger partial charge in [-0.15, -0.1) is 0 Å². The summed E-state index contributed by atoms with van der Waals surface area (Å²) >= 11 is 0. The summed E-state index contributed by atoms with van der Waals surface area (Å²) in [6.45, 7) is 0.167. The molecule has 0 bridgehead atoms. The van der Waals surface area contributed by atoms with Crippen molar-refractivity contribution in [2.45, 2.75) is 0 Å². The molecule has 4 nitrogen and oxygen atoms in total. The highest BCUT2D eigenvalue weighted by molar-refractivity contribution is 6.11. The number of hydrogen-bond acceptors (Lipinski definition) is 4. The first-order valence-electron chi connectivity index (χ1n) is 3.51. The van der Waals surface area contributed by atoms with Gasteiger partial charge in [-0.05, 0) is 0 Å². The standard InChI is InChI=1S/C9H6N2O2/c10-6-9(11-13-7-12)8-4-2-1-3-5-8/h1-5,7H. The van der Waals surface area contributed by atoms with Gasteiger partial charge in [-0.2, -0.15) is 5.26 Å². The van der Waals surface area contributed by atoms with Crippen LogP contribution in [0.5, 0.6) is 0 Å². The second-order valence-corrected chi connectivity index (χ2v) is 2.12. The third-order valence-electron chi connectivity index (χ3n) is 1.34. The van der Waals surface area contributed by atoms with Crippen molar-refractivity contribution < 1.29 is 9.63 Å². The van der Waals surface area contributed by atoms with Gasteiger partial charge in [0.2, 0.25) is 0 Å². The molecule has 0 atom stereocenters. The van der Waals surface area contributed by atoms with Crippen LogP contribution in [-0.4, -0.2) is 12.2 Å². The second-order valence-electron chi connectivity index (χ2n) is 2.12. The minimum atomic E-state index is 0.0766. The van der Waals surface area contributed by atoms with Crippen molar-refractivity contribution in [2.75, 3.05) is 0 Å². The molecule has 0 spiro atoms. The molecule has 0 aliphatic carbocycles. The Balaban J connectivity index is 2.93. The van der Waals surface area contributed by atoms with E-state index in [1.807, 2.05) is 12.1 Å². The molecule has 1 aromatic rings. The molecular weight excluding hydrogens is 168 g/mol. The number of hydrogen-bond donors (Lipinski definition) is 0. The first-order chi connectivity index (χ1) is 6.38. The van der Waals surface area contributed by atoms with Gasteiger partial charge in [0.15, 0.2) is 5.71 Å². The van der Waals surface area contributed by atoms with Crippen molar-refractivity contribution >= 4 is 12.2 Å². The van der Waals surface area contributed by atoms with Crippen LogP contribution in [0.3, 0.4) is 0 Å². The normalized spacial score (nSPS) is 10.2. The van der Waals surface area contributed by atoms with Crippen LogP contribution in [0.1, 0.15) is 5.56 Å². The van der Waals surface area contributed by atoms with Crippen LogP contribution in [0.2, 0.25) is 0 Å². The molecule has 0 saturated heterocycles. The summed E-state index contributed by atoms with van der Waals surface area (Å²) in [6.07, 6.45) is 0. The fourth-order valence-corrected chi connectivity index (χ4v) is 0.808. The fraction of sp³-hybridized carbons (Fsp3) is 0. The van der Waals surface area contributed by atoms with Gasteiger partial charge < -0.3 is 4.84 Å². The van der Waals surface area contributed by atoms with Crippen LogP contribution in [0, 0.1) is 11.3 Å². The molecule has 0 N–H and O–H groups in total. The van der Waals surface area contributed by atoms with Gasteiger partial charge >= 0.3 is 6.47 Å². The molecule has 0 aliphatic rings. The van der Waals surface area contributed by atoms with E-state index in [-0.39, 0.29) is 12.2 Å². The number of carbonyl (C=O) groups is 1. The molecule has 0 unspecified atom stereocenters. The maximum atomic E-state index is 9.82. The zero-order valence-electron chi connectivity index (χ0n) is 6.68. The lowest BCUT2D eigenvalue weighted by Gasteiger charge is -1.93. The Morgan fingerprint density at radius 3 is 2.69 bits per heavy atom. The Morgan fingerprint density at radius 1 is 1.46 bits per heavy atom. The topological polar surface area (TPSA) is 62.4 Å². The Hall–Kier alpha value is -2.15. The minimum Gasteiger partial charge on any atom is -0.320 e. The van der Waals surface area contributed by atoms with Crippen molar-refractivity contribution in [1.82, 2.24) is 0 Å². The molecule has 1 rings (SSSR count). The van der Waals surface area contributed by atoms with E-state index in [0.29, 0.717) is 5.56 Å². The quantitative estimate of drug-likeness (QED) is 0.298. The number of nitrogens with zero attached hydrogens (tertiary/aromatic N) is 2. The second kappa shape index (κ2) is 4.67. The maximum absolute atomic E-state index is 9.82. The number of rotatable bonds is 3. The Morgan fingerprint density at radius 2 is 2.15 bits per heavy atom. The third-order valence-corrected chi connectivity index (χ3v) is 1.34. The van der Waals surface area contributed by atoms with Crippen LogP contribution < -0.4 is 0 Å². The van der Waals surface area contributed by atoms with Gasteiger partial charge in [0.1, 0.15) is 6.07 Å². The van der Waals surface area contributed by atoms with Crippen molar-refractivity contribution in [1.29, 1.82) is 5.26 Å². The van der Waals surface area contributed by atoms with E-state index in [4.69, 9.17) is 5.26 Å². The minimum absolute atomic E-state index is 0.0766. The summed E-state index contributed by atoms with van der Waals surface area (Å²) in [4.78, 5) is 13.9. The predicted molar refractivity (Wildman–Crippen MR) is 45.7 cm³/mol. The Kier molecular flexibility index (Phi) is 3.21. The van der Waals surface area contributed by atoms with Crippen LogP contribution in [0.15, 0.2) is 35.5 Å². The number of nitriles is 1. The van der Waals surface area contributed by atoms with Gasteiger partial charge in [-0.3, -0.25) is 4.79 Å². The average Bonchev–Trinajstić information content (AvgIpc) is 2.21. The molecule has 0 aromatic heterocycles. The summed E-state index contributed by atoms with van der Waals surface area (Å²) in [5, 5.41) is 11.9. The first kappa shape index (κ1) is 8.94. The van der Waals surface area contributed by atoms with Crippen LogP contribution in [0.4, 0.5) is 0 Å². The van der Waals surface area contributed by atoms with E-state index in [0.717, 1.165) is 0 Å². The first-order valence-corrected chi connectivity index (χ1v) is 3.51. The number of benzene rings is 1. The molecule has 64 valence electrons. The zero-order chi connectivity index (χ0) is 9.52. The van der Waals surface area contributed by atoms with Crippen molar-refractivity contribution in [3.05, 3.63) is 35.9 Å². The summed E-state index contributed by atoms with van der Waals surface area (Å²) in [6, 6.07) is 10.6. The monoisotopic (exact) mass is 174 g/mol. The molecule has 0 heterocycles. The number of oxime groups is 1. The lowest BCUT2D eigenvalue weighted by molar-refractivity contribution is -0.128. The molecule has 13 heavy (non-hydrogen) atoms. The summed E-state index contributed by atoms with van der Waals surface area (Å²) in [7, 11) is 0. The highest BCUT2D eigenvalue weighted by Crippen LogP contribution is 2.00. The SMILES string of the molecule is N#CC(=NOC=O)c1ccccc1. The van der Waals surface area contributed by atoms with Crippen molar-refractivity contribution in [3.63, 3.8) is 0 Å². The van der Waals surface area contributed by atoms with E-state index in [1.54, 1.807) is 24.3 Å². The average molecular weight is 174 g/mol. The summed E-state index contributed by atoms with van der Waals surface area (Å²) < 4.78 is 0. The van der Waals surface area contributed by atoms with E-state index in [1.165, 1.54) is 0 Å². The van der Waals surface area contributed by atoms with Gasteiger partial charge in [-0.1, -0.05) is 35.5 Å². The van der Waals surface area contributed by atoms with E-state index >= 15 is 0 Å². The van der Waals surface area contributed by atoms with E-state index < -0.39 is 0 Å². The molecule has 4 heteroatoms. The highest BCUT2D eigenvalue weighted by Gasteiger charge is 2.00. The predicted octanol–water partition coefficient (Wildman–Crippen LogP) is 1.09. The Labute approximate surface area is 75.0 Å². The third kappa shape index (κ3) is 2.42. The molecule has 1 aromatic carbocycles. The zero-order valence-corrected chi connectivity index (χ0v) is 6.68. The molecule has 0 amide bonds. The molecule has 0 saturated carbocycles. The lowest BCUT2D eigenvalue weighted by Crippen LogP contribution is -1.97. The highest BCUT2D eigenvalue weighted by atomic mass is 16.7. The smallest absolute Gasteiger partial charge is 0.320 e. The van der Waals surface area contributed by atoms with Crippen LogP contribution in [-0.2, 0) is 9.63 Å². The van der Waals surface area contributed by atoms with Gasteiger partial charge in [0, 0.05) is 5.56 Å². The maximum Gasteiger partial charge on any atom is 0.323 e. The molecular formula is C9H6N2O2. The van der Waals surface area contributed by atoms with Crippen LogP contribution >= 0.6 is 0 Å². The lowest BCUT2D eigenvalue weighted by atomic mass is 10.1. The van der Waals surface area contributed by atoms with E-state index in [9.17, 15) is 4.79 Å². The molecule has 0 fully saturated rings. The van der Waals surface area contributed by atoms with Crippen LogP contribution in [0.25, 0.3) is 0 Å². The van der Waals surface area contributed by atoms with Crippen molar-refractivity contribution in [2.24, 2.45) is 5.16 Å². The molecule has 0 aliphatic heterocycles. The van der Waals surface area contributed by atoms with E-state index in [2.05, 4.69) is 9.99 Å². The van der Waals surface area contributed by atoms with Gasteiger partial charge in [0.25, 0.3) is 0 Å². The van der Waals surface area contributed by atoms with Gasteiger partial charge in [0.05, 0.1) is 0 Å². The summed E-state index contributed by atoms with van der Waals surface area (Å²) in [5.41, 5.74) is 0.694. The van der Waals surface area contributed by atoms with Crippen molar-refractivity contribution in [3.8, 4) is 6.07 Å².